The van der Waals surface area contributed by atoms with E-state index in [1.54, 1.807) is 37.4 Å². The number of non-ortho nitro benzene ring substituents is 1. The number of hydrogen-bond donors (Lipinski definition) is 0. The highest BCUT2D eigenvalue weighted by Gasteiger charge is 2.06. The van der Waals surface area contributed by atoms with Gasteiger partial charge in [-0.05, 0) is 46.3 Å². The Hall–Kier alpha value is -2.08. The van der Waals surface area contributed by atoms with Gasteiger partial charge in [-0.3, -0.25) is 10.1 Å². The molecule has 0 amide bonds. The molecule has 0 saturated carbocycles. The summed E-state index contributed by atoms with van der Waals surface area (Å²) in [5.74, 6) is 1.85. The molecule has 0 aromatic heterocycles. The second-order valence-corrected chi connectivity index (χ2v) is 4.50. The molecule has 6 heteroatoms. The molecule has 0 unspecified atom stereocenters. The summed E-state index contributed by atoms with van der Waals surface area (Å²) in [6, 6.07) is 11.2. The molecule has 0 atom stereocenters. The van der Waals surface area contributed by atoms with Gasteiger partial charge in [-0.25, -0.2) is 0 Å². The van der Waals surface area contributed by atoms with E-state index in [1.807, 2.05) is 0 Å². The van der Waals surface area contributed by atoms with Gasteiger partial charge < -0.3 is 9.47 Å². The van der Waals surface area contributed by atoms with E-state index >= 15 is 0 Å². The van der Waals surface area contributed by atoms with Crippen LogP contribution in [0.25, 0.3) is 0 Å². The monoisotopic (exact) mass is 323 g/mol. The van der Waals surface area contributed by atoms with E-state index < -0.39 is 4.92 Å². The number of hydrogen-bond acceptors (Lipinski definition) is 4. The molecule has 98 valence electrons. The van der Waals surface area contributed by atoms with E-state index in [2.05, 4.69) is 15.9 Å². The van der Waals surface area contributed by atoms with Gasteiger partial charge in [-0.1, -0.05) is 0 Å². The fourth-order valence-corrected chi connectivity index (χ4v) is 2.00. The minimum atomic E-state index is -0.451. The number of halogens is 1. The predicted octanol–water partition coefficient (Wildman–Crippen LogP) is 4.16. The molecule has 0 N–H and O–H groups in total. The number of nitrogens with zero attached hydrogens (tertiary/aromatic N) is 1. The third kappa shape index (κ3) is 3.23. The van der Waals surface area contributed by atoms with Gasteiger partial charge in [0.05, 0.1) is 16.5 Å². The van der Waals surface area contributed by atoms with Gasteiger partial charge >= 0.3 is 0 Å². The average molecular weight is 324 g/mol. The fourth-order valence-electron chi connectivity index (χ4n) is 1.48. The summed E-state index contributed by atoms with van der Waals surface area (Å²) in [7, 11) is 1.58. The van der Waals surface area contributed by atoms with Crippen LogP contribution in [0.2, 0.25) is 0 Å². The summed E-state index contributed by atoms with van der Waals surface area (Å²) in [5.41, 5.74) is 0.0308. The Labute approximate surface area is 118 Å². The third-order valence-corrected chi connectivity index (χ3v) is 3.03. The quantitative estimate of drug-likeness (QED) is 0.626. The Bertz CT molecular complexity index is 598. The zero-order valence-corrected chi connectivity index (χ0v) is 11.6. The summed E-state index contributed by atoms with van der Waals surface area (Å²) in [4.78, 5) is 10.1. The Kier molecular flexibility index (Phi) is 4.01. The third-order valence-electron chi connectivity index (χ3n) is 2.41. The lowest BCUT2D eigenvalue weighted by atomic mass is 10.3. The van der Waals surface area contributed by atoms with Crippen LogP contribution in [0.15, 0.2) is 46.9 Å². The maximum Gasteiger partial charge on any atom is 0.269 e. The summed E-state index contributed by atoms with van der Waals surface area (Å²) in [6.07, 6.45) is 0. The van der Waals surface area contributed by atoms with Crippen molar-refractivity contribution < 1.29 is 14.4 Å². The number of benzene rings is 2. The molecule has 2 aromatic carbocycles. The molecule has 0 aliphatic heterocycles. The molecule has 0 heterocycles. The van der Waals surface area contributed by atoms with Gasteiger partial charge in [0.25, 0.3) is 5.69 Å². The summed E-state index contributed by atoms with van der Waals surface area (Å²) in [5, 5.41) is 10.5. The number of nitro groups is 1. The molecule has 0 radical (unpaired) electrons. The van der Waals surface area contributed by atoms with Crippen LogP contribution in [-0.4, -0.2) is 12.0 Å². The standard InChI is InChI=1S/C13H10BrNO4/c1-18-13-7-6-11(8-12(13)14)19-10-4-2-9(3-5-10)15(16)17/h2-8H,1H3. The van der Waals surface area contributed by atoms with E-state index in [0.29, 0.717) is 17.2 Å². The van der Waals surface area contributed by atoms with Gasteiger partial charge in [0, 0.05) is 12.1 Å². The van der Waals surface area contributed by atoms with Crippen molar-refractivity contribution in [2.75, 3.05) is 7.11 Å². The summed E-state index contributed by atoms with van der Waals surface area (Å²) < 4.78 is 11.5. The number of nitro benzene ring substituents is 1. The first kappa shape index (κ1) is 13.4. The Balaban J connectivity index is 2.16. The molecule has 0 aliphatic carbocycles. The SMILES string of the molecule is COc1ccc(Oc2ccc([N+](=O)[O-])cc2)cc1Br. The zero-order valence-electron chi connectivity index (χ0n) is 10.00. The highest BCUT2D eigenvalue weighted by atomic mass is 79.9. The van der Waals surface area contributed by atoms with Crippen molar-refractivity contribution in [2.24, 2.45) is 0 Å². The number of methoxy groups -OCH3 is 1. The lowest BCUT2D eigenvalue weighted by molar-refractivity contribution is -0.384. The smallest absolute Gasteiger partial charge is 0.269 e. The van der Waals surface area contributed by atoms with Gasteiger partial charge in [0.2, 0.25) is 0 Å². The van der Waals surface area contributed by atoms with E-state index in [-0.39, 0.29) is 5.69 Å². The zero-order chi connectivity index (χ0) is 13.8. The average Bonchev–Trinajstić information content (AvgIpc) is 2.39. The lowest BCUT2D eigenvalue weighted by Crippen LogP contribution is -1.89. The molecule has 0 saturated heterocycles. The maximum atomic E-state index is 10.5. The van der Waals surface area contributed by atoms with Crippen LogP contribution in [0.5, 0.6) is 17.2 Å². The van der Waals surface area contributed by atoms with Crippen molar-refractivity contribution in [2.45, 2.75) is 0 Å². The maximum absolute atomic E-state index is 10.5. The second kappa shape index (κ2) is 5.71. The van der Waals surface area contributed by atoms with E-state index in [0.717, 1.165) is 4.47 Å². The van der Waals surface area contributed by atoms with Crippen LogP contribution in [0.3, 0.4) is 0 Å². The van der Waals surface area contributed by atoms with E-state index in [9.17, 15) is 10.1 Å². The first-order chi connectivity index (χ1) is 9.10. The van der Waals surface area contributed by atoms with Crippen molar-refractivity contribution in [1.82, 2.24) is 0 Å². The normalized spacial score (nSPS) is 10.0. The van der Waals surface area contributed by atoms with Gasteiger partial charge in [0.15, 0.2) is 0 Å². The molecule has 2 aromatic rings. The molecule has 0 bridgehead atoms. The van der Waals surface area contributed by atoms with Crippen LogP contribution in [0.1, 0.15) is 0 Å². The van der Waals surface area contributed by atoms with Crippen molar-refractivity contribution >= 4 is 21.6 Å². The van der Waals surface area contributed by atoms with Crippen molar-refractivity contribution in [3.05, 3.63) is 57.1 Å². The molecule has 2 rings (SSSR count). The van der Waals surface area contributed by atoms with Crippen LogP contribution in [0.4, 0.5) is 5.69 Å². The largest absolute Gasteiger partial charge is 0.496 e. The fraction of sp³-hybridized carbons (Fsp3) is 0.0769. The minimum absolute atomic E-state index is 0.0308. The van der Waals surface area contributed by atoms with Crippen molar-refractivity contribution in [3.8, 4) is 17.2 Å². The molecular weight excluding hydrogens is 314 g/mol. The molecule has 5 nitrogen and oxygen atoms in total. The van der Waals surface area contributed by atoms with E-state index in [4.69, 9.17) is 9.47 Å². The van der Waals surface area contributed by atoms with E-state index in [1.165, 1.54) is 12.1 Å². The first-order valence-electron chi connectivity index (χ1n) is 5.36. The van der Waals surface area contributed by atoms with Crippen molar-refractivity contribution in [3.63, 3.8) is 0 Å². The summed E-state index contributed by atoms with van der Waals surface area (Å²) in [6.45, 7) is 0. The topological polar surface area (TPSA) is 61.6 Å². The lowest BCUT2D eigenvalue weighted by Gasteiger charge is -2.08. The number of ether oxygens (including phenoxy) is 2. The molecular formula is C13H10BrNO4. The van der Waals surface area contributed by atoms with Gasteiger partial charge in [0.1, 0.15) is 17.2 Å². The molecule has 0 fully saturated rings. The predicted molar refractivity (Wildman–Crippen MR) is 73.9 cm³/mol. The van der Waals surface area contributed by atoms with Gasteiger partial charge in [-0.2, -0.15) is 0 Å². The van der Waals surface area contributed by atoms with Crippen LogP contribution >= 0.6 is 15.9 Å². The Morgan fingerprint density at radius 3 is 2.26 bits per heavy atom. The highest BCUT2D eigenvalue weighted by Crippen LogP contribution is 2.31. The minimum Gasteiger partial charge on any atom is -0.496 e. The molecule has 0 aliphatic rings. The molecule has 19 heavy (non-hydrogen) atoms. The van der Waals surface area contributed by atoms with Crippen LogP contribution in [0, 0.1) is 10.1 Å². The first-order valence-corrected chi connectivity index (χ1v) is 6.15. The number of rotatable bonds is 4. The van der Waals surface area contributed by atoms with Crippen molar-refractivity contribution in [1.29, 1.82) is 0 Å². The second-order valence-electron chi connectivity index (χ2n) is 3.65. The highest BCUT2D eigenvalue weighted by molar-refractivity contribution is 9.10. The van der Waals surface area contributed by atoms with Crippen LogP contribution < -0.4 is 9.47 Å². The Morgan fingerprint density at radius 2 is 1.74 bits per heavy atom. The van der Waals surface area contributed by atoms with Crippen LogP contribution in [-0.2, 0) is 0 Å². The Morgan fingerprint density at radius 1 is 1.11 bits per heavy atom. The molecule has 0 spiro atoms. The van der Waals surface area contributed by atoms with Gasteiger partial charge in [-0.15, -0.1) is 0 Å². The summed E-state index contributed by atoms with van der Waals surface area (Å²) >= 11 is 3.36.